The lowest BCUT2D eigenvalue weighted by Gasteiger charge is -2.35. The number of aliphatic hydroxyl groups is 1. The number of hydrogen-bond acceptors (Lipinski definition) is 9. The van der Waals surface area contributed by atoms with Gasteiger partial charge in [-0.15, -0.1) is 0 Å². The minimum absolute atomic E-state index is 0.206. The van der Waals surface area contributed by atoms with Gasteiger partial charge < -0.3 is 29.5 Å². The highest BCUT2D eigenvalue weighted by Crippen LogP contribution is 2.42. The van der Waals surface area contributed by atoms with Gasteiger partial charge in [0.25, 0.3) is 5.91 Å². The fraction of sp³-hybridized carbons (Fsp3) is 0.500. The summed E-state index contributed by atoms with van der Waals surface area (Å²) < 4.78 is 7.83. The highest BCUT2D eigenvalue weighted by atomic mass is 16.5. The van der Waals surface area contributed by atoms with Gasteiger partial charge in [-0.2, -0.15) is 0 Å². The molecule has 4 aromatic rings. The first-order chi connectivity index (χ1) is 31.5. The van der Waals surface area contributed by atoms with E-state index in [4.69, 9.17) is 4.74 Å². The van der Waals surface area contributed by atoms with Gasteiger partial charge in [0, 0.05) is 81.2 Å². The van der Waals surface area contributed by atoms with E-state index >= 15 is 0 Å². The molecular formula is C52H69N7O7. The molecule has 6 rings (SSSR count). The third kappa shape index (κ3) is 11.2. The summed E-state index contributed by atoms with van der Waals surface area (Å²) >= 11 is 0. The molecule has 14 heteroatoms. The Morgan fingerprint density at radius 3 is 2.47 bits per heavy atom. The number of esters is 1. The molecule has 4 atom stereocenters. The summed E-state index contributed by atoms with van der Waals surface area (Å²) in [5.74, 6) is -2.16. The fourth-order valence-electron chi connectivity index (χ4n) is 9.60. The van der Waals surface area contributed by atoms with E-state index in [0.29, 0.717) is 51.1 Å². The number of carbonyl (C=O) groups is 5. The van der Waals surface area contributed by atoms with Crippen LogP contribution in [0.2, 0.25) is 0 Å². The van der Waals surface area contributed by atoms with Crippen LogP contribution in [0.25, 0.3) is 33.3 Å². The van der Waals surface area contributed by atoms with Crippen LogP contribution in [0.5, 0.6) is 0 Å². The van der Waals surface area contributed by atoms with E-state index in [2.05, 4.69) is 71.9 Å². The number of ether oxygens (including phenoxy) is 1. The Hall–Kier alpha value is -5.86. The smallest absolute Gasteiger partial charge is 0.302 e. The molecule has 0 radical (unpaired) electrons. The Balaban J connectivity index is 1.36. The second-order valence-electron chi connectivity index (χ2n) is 19.0. The predicted molar refractivity (Wildman–Crippen MR) is 257 cm³/mol. The number of nitrogens with one attached hydrogen (secondary N) is 2. The van der Waals surface area contributed by atoms with Crippen LogP contribution in [0, 0.1) is 17.3 Å². The Kier molecular flexibility index (Phi) is 16.2. The maximum Gasteiger partial charge on any atom is 0.302 e. The average Bonchev–Trinajstić information content (AvgIpc) is 3.93. The van der Waals surface area contributed by atoms with Gasteiger partial charge in [-0.05, 0) is 97.5 Å². The molecule has 2 aliphatic rings. The van der Waals surface area contributed by atoms with Gasteiger partial charge in [0.1, 0.15) is 12.1 Å². The largest absolute Gasteiger partial charge is 0.465 e. The number of pyridine rings is 1. The molecule has 0 spiro atoms. The van der Waals surface area contributed by atoms with E-state index in [-0.39, 0.29) is 49.2 Å². The molecule has 3 N–H and O–H groups in total. The maximum atomic E-state index is 14.4. The predicted octanol–water partition coefficient (Wildman–Crippen LogP) is 6.64. The maximum absolute atomic E-state index is 14.4. The first-order valence-corrected chi connectivity index (χ1v) is 23.5. The van der Waals surface area contributed by atoms with Crippen molar-refractivity contribution in [2.24, 2.45) is 17.3 Å². The zero-order chi connectivity index (χ0) is 47.9. The number of aliphatic hydroxyl groups excluding tert-OH is 1. The molecule has 0 aliphatic carbocycles. The number of likely N-dealkylation sites (tertiary alicyclic amines) is 1. The zero-order valence-electron chi connectivity index (χ0n) is 40.1. The lowest BCUT2D eigenvalue weighted by molar-refractivity contribution is -0.146. The van der Waals surface area contributed by atoms with E-state index in [0.717, 1.165) is 57.3 Å². The van der Waals surface area contributed by atoms with E-state index in [1.807, 2.05) is 51.1 Å². The number of aryl methyl sites for hydroxylation is 1. The topological polar surface area (TPSA) is 166 Å². The van der Waals surface area contributed by atoms with Crippen LogP contribution in [0.4, 0.5) is 0 Å². The lowest BCUT2D eigenvalue weighted by atomic mass is 9.84. The summed E-state index contributed by atoms with van der Waals surface area (Å²) in [4.78, 5) is 74.6. The Bertz CT molecular complexity index is 2420. The van der Waals surface area contributed by atoms with Crippen LogP contribution in [0.1, 0.15) is 97.1 Å². The summed E-state index contributed by atoms with van der Waals surface area (Å²) in [5, 5.41) is 16.9. The second-order valence-corrected chi connectivity index (χ2v) is 19.0. The minimum atomic E-state index is -0.933. The second kappa shape index (κ2) is 21.6. The number of benzene rings is 2. The van der Waals surface area contributed by atoms with E-state index < -0.39 is 35.4 Å². The molecular weight excluding hydrogens is 835 g/mol. The van der Waals surface area contributed by atoms with Crippen LogP contribution in [-0.4, -0.2) is 111 Å². The third-order valence-electron chi connectivity index (χ3n) is 13.0. The van der Waals surface area contributed by atoms with Gasteiger partial charge in [0.05, 0.1) is 30.0 Å². The Morgan fingerprint density at radius 2 is 1.80 bits per heavy atom. The molecule has 14 nitrogen and oxygen atoms in total. The average molecular weight is 904 g/mol. The van der Waals surface area contributed by atoms with Crippen LogP contribution in [0.3, 0.4) is 0 Å². The number of carbonyl (C=O) groups excluding carboxylic acids is 5. The first kappa shape index (κ1) is 49.6. The van der Waals surface area contributed by atoms with Gasteiger partial charge in [-0.25, -0.2) is 5.43 Å². The normalized spacial score (nSPS) is 16.8. The minimum Gasteiger partial charge on any atom is -0.465 e. The molecule has 2 aromatic carbocycles. The van der Waals surface area contributed by atoms with Crippen molar-refractivity contribution < 1.29 is 33.8 Å². The standard InChI is InChI=1S/C52H69N7O7/c1-10-44(61)46-39(19-16-23-53-46)48-41(30-52(7,8)32-66-34(6)60)40-29-37(20-21-43(40)58(48)12-3)36-18-15-17-35(27-36)28-42(51(65)59-25-14-13-24-54-59)55-49(63)47(33(4)5)56(9)50(64)38-22-26-57(31-38)45(62)11-2/h11,15-21,23,27,29,33,38,42,44,47,54,61H,2,10,12-14,22,24-26,28,30-32H2,1,3-9H3,(H,55,63)/t38?,42-,44+,47-/m0/s1. The zero-order valence-corrected chi connectivity index (χ0v) is 40.1. The molecule has 2 aliphatic heterocycles. The molecule has 4 heterocycles. The third-order valence-corrected chi connectivity index (χ3v) is 13.0. The molecule has 1 unspecified atom stereocenters. The van der Waals surface area contributed by atoms with Crippen molar-refractivity contribution in [1.82, 2.24) is 35.1 Å². The lowest BCUT2D eigenvalue weighted by Crippen LogP contribution is -2.59. The summed E-state index contributed by atoms with van der Waals surface area (Å²) in [6.07, 6.45) is 5.75. The molecule has 2 fully saturated rings. The van der Waals surface area contributed by atoms with Gasteiger partial charge in [0.15, 0.2) is 0 Å². The highest BCUT2D eigenvalue weighted by molar-refractivity contribution is 5.96. The number of likely N-dealkylation sites (N-methyl/N-ethyl adjacent to an activating group) is 1. The number of fused-ring (bicyclic) bond motifs is 1. The summed E-state index contributed by atoms with van der Waals surface area (Å²) in [7, 11) is 1.63. The van der Waals surface area contributed by atoms with Crippen molar-refractivity contribution in [3.05, 3.63) is 90.3 Å². The molecule has 4 amide bonds. The number of nitrogens with zero attached hydrogens (tertiary/aromatic N) is 5. The Morgan fingerprint density at radius 1 is 1.05 bits per heavy atom. The van der Waals surface area contributed by atoms with Crippen molar-refractivity contribution in [1.29, 1.82) is 0 Å². The van der Waals surface area contributed by atoms with Gasteiger partial charge in [-0.1, -0.05) is 71.5 Å². The van der Waals surface area contributed by atoms with Gasteiger partial charge in [-0.3, -0.25) is 34.0 Å². The van der Waals surface area contributed by atoms with Crippen molar-refractivity contribution in [3.8, 4) is 22.4 Å². The van der Waals surface area contributed by atoms with Gasteiger partial charge >= 0.3 is 5.97 Å². The SMILES string of the molecule is C=CC(=O)N1CCC(C(=O)N(C)[C@H](C(=O)N[C@@H](Cc2cccc(-c3ccc4c(c3)c(CC(C)(C)COC(C)=O)c(-c3cccnc3[C@H](O)CC)n4CC)c2)C(=O)N2CCCCN2)C(C)C)C1. The van der Waals surface area contributed by atoms with Crippen LogP contribution >= 0.6 is 0 Å². The van der Waals surface area contributed by atoms with E-state index in [9.17, 15) is 29.1 Å². The Labute approximate surface area is 389 Å². The van der Waals surface area contributed by atoms with E-state index in [1.54, 1.807) is 23.2 Å². The van der Waals surface area contributed by atoms with Crippen LogP contribution in [-0.2, 0) is 48.1 Å². The summed E-state index contributed by atoms with van der Waals surface area (Å²) in [5.41, 5.74) is 10.0. The van der Waals surface area contributed by atoms with Crippen molar-refractivity contribution in [2.75, 3.05) is 39.8 Å². The van der Waals surface area contributed by atoms with Crippen molar-refractivity contribution >= 4 is 40.5 Å². The molecule has 2 saturated heterocycles. The van der Waals surface area contributed by atoms with E-state index in [1.165, 1.54) is 17.9 Å². The number of rotatable bonds is 18. The molecule has 2 aromatic heterocycles. The fourth-order valence-corrected chi connectivity index (χ4v) is 9.60. The first-order valence-electron chi connectivity index (χ1n) is 23.5. The van der Waals surface area contributed by atoms with Crippen molar-refractivity contribution in [2.45, 2.75) is 112 Å². The van der Waals surface area contributed by atoms with Gasteiger partial charge in [0.2, 0.25) is 17.7 Å². The number of aromatic nitrogens is 2. The van der Waals surface area contributed by atoms with Crippen molar-refractivity contribution in [3.63, 3.8) is 0 Å². The monoisotopic (exact) mass is 904 g/mol. The highest BCUT2D eigenvalue weighted by Gasteiger charge is 2.39. The summed E-state index contributed by atoms with van der Waals surface area (Å²) in [6, 6.07) is 16.5. The summed E-state index contributed by atoms with van der Waals surface area (Å²) in [6.45, 7) is 19.7. The van der Waals surface area contributed by atoms with Crippen LogP contribution in [0.15, 0.2) is 73.4 Å². The molecule has 0 bridgehead atoms. The molecule has 354 valence electrons. The molecule has 66 heavy (non-hydrogen) atoms. The van der Waals surface area contributed by atoms with Crippen LogP contribution < -0.4 is 10.7 Å². The number of hydrazine groups is 1. The number of amides is 4. The quantitative estimate of drug-likeness (QED) is 0.0734. The molecule has 0 saturated carbocycles. The number of hydrogen-bond donors (Lipinski definition) is 3.